The van der Waals surface area contributed by atoms with Crippen LogP contribution in [0.2, 0.25) is 0 Å². The fraction of sp³-hybridized carbons (Fsp3) is 0.333. The van der Waals surface area contributed by atoms with Crippen LogP contribution in [-0.4, -0.2) is 78.0 Å². The molecule has 0 bridgehead atoms. The van der Waals surface area contributed by atoms with E-state index < -0.39 is 46.5 Å². The Morgan fingerprint density at radius 2 is 2.09 bits per heavy atom. The Morgan fingerprint density at radius 3 is 2.70 bits per heavy atom. The molecular weight excluding hydrogens is 623 g/mol. The molecular formula is C24H27N9O7S3. The van der Waals surface area contributed by atoms with Crippen LogP contribution in [0.25, 0.3) is 0 Å². The molecule has 4 heterocycles. The van der Waals surface area contributed by atoms with E-state index in [0.29, 0.717) is 23.1 Å². The van der Waals surface area contributed by atoms with Gasteiger partial charge < -0.3 is 42.4 Å². The van der Waals surface area contributed by atoms with Crippen molar-refractivity contribution in [3.05, 3.63) is 41.1 Å². The van der Waals surface area contributed by atoms with Crippen molar-refractivity contribution < 1.29 is 38.8 Å². The zero-order chi connectivity index (χ0) is 31.6. The second-order valence-electron chi connectivity index (χ2n) is 9.59. The third-order valence-corrected chi connectivity index (χ3v) is 9.21. The first-order valence-corrected chi connectivity index (χ1v) is 15.3. The van der Waals surface area contributed by atoms with Crippen LogP contribution in [0.5, 0.6) is 0 Å². The average molecular weight is 650 g/mol. The van der Waals surface area contributed by atoms with E-state index in [9.17, 15) is 29.4 Å². The van der Waals surface area contributed by atoms with E-state index in [-0.39, 0.29) is 33.8 Å². The van der Waals surface area contributed by atoms with Crippen molar-refractivity contribution in [3.63, 3.8) is 0 Å². The summed E-state index contributed by atoms with van der Waals surface area (Å²) in [5, 5.41) is 29.0. The number of nitrogens with two attached hydrogens (primary N) is 3. The number of β-lactam (4-membered cyclic amide) rings is 1. The zero-order valence-corrected chi connectivity index (χ0v) is 25.3. The number of nitrogens with zero attached hydrogens (tertiary/aromatic N) is 5. The van der Waals surface area contributed by atoms with E-state index in [4.69, 9.17) is 22.0 Å². The number of rotatable bonds is 12. The van der Waals surface area contributed by atoms with Crippen LogP contribution in [0.4, 0.5) is 16.8 Å². The number of aliphatic carboxylic acids is 2. The van der Waals surface area contributed by atoms with Crippen LogP contribution < -0.4 is 32.2 Å². The number of hydrogen-bond donors (Lipinski definition) is 5. The molecule has 1 unspecified atom stereocenters. The van der Waals surface area contributed by atoms with E-state index in [2.05, 4.69) is 27.0 Å². The molecule has 2 aliphatic rings. The normalized spacial score (nSPS) is 18.5. The number of nitrogens with one attached hydrogen (secondary N) is 1. The Bertz CT molecular complexity index is 1570. The van der Waals surface area contributed by atoms with Crippen LogP contribution in [0.3, 0.4) is 0 Å². The van der Waals surface area contributed by atoms with Gasteiger partial charge in [-0.05, 0) is 31.2 Å². The first-order chi connectivity index (χ1) is 20.2. The minimum absolute atomic E-state index is 0.000217. The van der Waals surface area contributed by atoms with Crippen LogP contribution in [0, 0.1) is 0 Å². The molecule has 0 saturated carbocycles. The summed E-state index contributed by atoms with van der Waals surface area (Å²) in [5.41, 5.74) is 15.5. The molecule has 2 aromatic heterocycles. The lowest BCUT2D eigenvalue weighted by Gasteiger charge is -2.50. The summed E-state index contributed by atoms with van der Waals surface area (Å²) in [6.07, 6.45) is 1.62. The number of carboxylic acids is 2. The van der Waals surface area contributed by atoms with Gasteiger partial charge in [-0.2, -0.15) is 0 Å². The molecule has 2 amide bonds. The molecule has 2 aromatic rings. The molecule has 2 atom stereocenters. The minimum Gasteiger partial charge on any atom is -0.543 e. The molecule has 43 heavy (non-hydrogen) atoms. The third-order valence-electron chi connectivity index (χ3n) is 6.14. The van der Waals surface area contributed by atoms with Crippen molar-refractivity contribution in [1.29, 1.82) is 0 Å². The van der Waals surface area contributed by atoms with E-state index >= 15 is 0 Å². The molecule has 0 radical (unpaired) electrons. The van der Waals surface area contributed by atoms with Gasteiger partial charge in [0.1, 0.15) is 17.1 Å². The predicted molar refractivity (Wildman–Crippen MR) is 157 cm³/mol. The lowest BCUT2D eigenvalue weighted by atomic mass is 10.0. The molecule has 4 rings (SSSR count). The lowest BCUT2D eigenvalue weighted by Crippen LogP contribution is -2.71. The summed E-state index contributed by atoms with van der Waals surface area (Å²) >= 11 is 3.43. The van der Waals surface area contributed by atoms with Crippen molar-refractivity contribution in [2.75, 3.05) is 28.7 Å². The predicted octanol–water partition coefficient (Wildman–Crippen LogP) is -1.46. The summed E-state index contributed by atoms with van der Waals surface area (Å²) in [5.74, 6) is -3.61. The lowest BCUT2D eigenvalue weighted by molar-refractivity contribution is -0.713. The number of aromatic nitrogens is 3. The number of anilines is 3. The molecule has 1 fully saturated rings. The Balaban J connectivity index is 1.54. The Kier molecular flexibility index (Phi) is 9.16. The molecule has 0 aliphatic carbocycles. The van der Waals surface area contributed by atoms with Crippen LogP contribution in [-0.2, 0) is 30.6 Å². The largest absolute Gasteiger partial charge is 0.543 e. The summed E-state index contributed by atoms with van der Waals surface area (Å²) in [6.45, 7) is 6.51. The number of fused-ring (bicyclic) bond motifs is 1. The van der Waals surface area contributed by atoms with Gasteiger partial charge in [-0.15, -0.1) is 23.1 Å². The van der Waals surface area contributed by atoms with Crippen molar-refractivity contribution in [3.8, 4) is 0 Å². The van der Waals surface area contributed by atoms with Crippen molar-refractivity contribution >= 4 is 81.1 Å². The Morgan fingerprint density at radius 1 is 1.37 bits per heavy atom. The van der Waals surface area contributed by atoms with Crippen LogP contribution in [0.1, 0.15) is 19.5 Å². The van der Waals surface area contributed by atoms with E-state index in [1.165, 1.54) is 48.8 Å². The molecule has 0 spiro atoms. The number of hydrogen-bond acceptors (Lipinski definition) is 15. The first kappa shape index (κ1) is 31.6. The van der Waals surface area contributed by atoms with Gasteiger partial charge in [0.15, 0.2) is 10.8 Å². The number of amides is 2. The molecule has 19 heteroatoms. The van der Waals surface area contributed by atoms with Gasteiger partial charge in [-0.1, -0.05) is 22.8 Å². The van der Waals surface area contributed by atoms with Gasteiger partial charge in [0.25, 0.3) is 11.8 Å². The van der Waals surface area contributed by atoms with E-state index in [1.807, 2.05) is 0 Å². The van der Waals surface area contributed by atoms with E-state index in [0.717, 1.165) is 16.2 Å². The second kappa shape index (κ2) is 12.5. The maximum absolute atomic E-state index is 13.2. The quantitative estimate of drug-likeness (QED) is 0.0335. The van der Waals surface area contributed by atoms with Gasteiger partial charge in [0.2, 0.25) is 17.2 Å². The second-order valence-corrected chi connectivity index (χ2v) is 12.5. The third kappa shape index (κ3) is 6.52. The zero-order valence-electron chi connectivity index (χ0n) is 22.8. The molecule has 1 saturated heterocycles. The Hall–Kier alpha value is -4.36. The van der Waals surface area contributed by atoms with Crippen LogP contribution in [0.15, 0.2) is 45.7 Å². The first-order valence-electron chi connectivity index (χ1n) is 12.3. The average Bonchev–Trinajstić information content (AvgIpc) is 3.36. The number of nitrogen functional groups attached to an aromatic ring is 3. The number of thiazole rings is 1. The number of carbonyl (C=O) groups is 4. The fourth-order valence-corrected chi connectivity index (χ4v) is 6.98. The SMILES string of the molecule is C=CC[n+]1c(N)cc(N)nc1SCC1=C(C(=O)[O-])N2C(=O)C(NC(=O)/C(=N\OC(C)(C)C(=O)O)c3csc(N)n3)[C@H]2SC1. The smallest absolute Gasteiger partial charge is 0.350 e. The van der Waals surface area contributed by atoms with Crippen molar-refractivity contribution in [1.82, 2.24) is 20.2 Å². The van der Waals surface area contributed by atoms with Gasteiger partial charge in [-0.25, -0.2) is 14.3 Å². The maximum Gasteiger partial charge on any atom is 0.350 e. The molecule has 0 aromatic carbocycles. The molecule has 8 N–H and O–H groups in total. The summed E-state index contributed by atoms with van der Waals surface area (Å²) < 4.78 is 1.66. The topological polar surface area (TPSA) is 256 Å². The number of carbonyl (C=O) groups excluding carboxylic acids is 3. The highest BCUT2D eigenvalue weighted by Crippen LogP contribution is 2.41. The van der Waals surface area contributed by atoms with Gasteiger partial charge >= 0.3 is 11.1 Å². The van der Waals surface area contributed by atoms with Gasteiger partial charge in [0, 0.05) is 16.9 Å². The molecule has 228 valence electrons. The highest BCUT2D eigenvalue weighted by molar-refractivity contribution is 8.01. The summed E-state index contributed by atoms with van der Waals surface area (Å²) in [4.78, 5) is 64.5. The van der Waals surface area contributed by atoms with Crippen molar-refractivity contribution in [2.24, 2.45) is 5.16 Å². The summed E-state index contributed by atoms with van der Waals surface area (Å²) in [6, 6.07) is 0.367. The number of carboxylic acid groups (broad SMARTS) is 2. The number of thioether (sulfide) groups is 2. The fourth-order valence-electron chi connectivity index (χ4n) is 3.91. The van der Waals surface area contributed by atoms with Crippen molar-refractivity contribution in [2.45, 2.75) is 42.6 Å². The maximum atomic E-state index is 13.2. The highest BCUT2D eigenvalue weighted by atomic mass is 32.2. The molecule has 2 aliphatic heterocycles. The highest BCUT2D eigenvalue weighted by Gasteiger charge is 2.53. The minimum atomic E-state index is -1.78. The van der Waals surface area contributed by atoms with Crippen LogP contribution >= 0.6 is 34.9 Å². The van der Waals surface area contributed by atoms with Gasteiger partial charge in [-0.3, -0.25) is 14.5 Å². The number of oxime groups is 1. The standard InChI is InChI=1S/C24H27N9O7S3/c1-4-5-32-13(26)6-12(25)29-23(32)43-8-10-7-41-19-15(18(35)33(19)16(10)20(36)37)30-17(34)14(11-9-42-22(27)28-11)31-40-24(2,3)21(38)39/h4,6,9,15,19H,1,5,7-8H2,2-3H3,(H8,25,26,27,28,30,34,36,37,38,39)/b31-14-/t15?,19-/m1/s1. The van der Waals surface area contributed by atoms with E-state index in [1.54, 1.807) is 10.6 Å². The Labute approximate surface area is 257 Å². The van der Waals surface area contributed by atoms with Gasteiger partial charge in [0.05, 0.1) is 24.3 Å². The monoisotopic (exact) mass is 649 g/mol. The summed E-state index contributed by atoms with van der Waals surface area (Å²) in [7, 11) is 0. The number of allylic oxidation sites excluding steroid dienone is 1. The molecule has 16 nitrogen and oxygen atoms in total.